The minimum absolute atomic E-state index is 0.110. The largest absolute Gasteiger partial charge is 0.454 e. The van der Waals surface area contributed by atoms with Crippen LogP contribution in [0.15, 0.2) is 24.3 Å². The number of H-pyrrole nitrogens is 1. The lowest BCUT2D eigenvalue weighted by molar-refractivity contribution is 0.0779. The molecule has 22 heavy (non-hydrogen) atoms. The van der Waals surface area contributed by atoms with E-state index in [2.05, 4.69) is 24.0 Å². The molecular formula is C16H19N3O3. The van der Waals surface area contributed by atoms with Crippen LogP contribution in [0.5, 0.6) is 11.5 Å². The van der Waals surface area contributed by atoms with E-state index in [1.54, 1.807) is 11.9 Å². The van der Waals surface area contributed by atoms with Gasteiger partial charge in [-0.25, -0.2) is 0 Å². The van der Waals surface area contributed by atoms with Crippen LogP contribution in [-0.4, -0.2) is 34.8 Å². The Balaban J connectivity index is 1.70. The number of aromatic amines is 1. The van der Waals surface area contributed by atoms with E-state index in [1.807, 2.05) is 24.3 Å². The summed E-state index contributed by atoms with van der Waals surface area (Å²) in [6, 6.07) is 7.50. The fraction of sp³-hybridized carbons (Fsp3) is 0.375. The SMILES string of the molecule is CC(C)c1cc(C(=O)N(C)Cc2ccc3c(c2)OCO3)n[nH]1. The minimum Gasteiger partial charge on any atom is -0.454 e. The smallest absolute Gasteiger partial charge is 0.274 e. The molecule has 0 fully saturated rings. The summed E-state index contributed by atoms with van der Waals surface area (Å²) in [4.78, 5) is 14.0. The van der Waals surface area contributed by atoms with Gasteiger partial charge in [-0.05, 0) is 29.7 Å². The van der Waals surface area contributed by atoms with E-state index in [0.717, 1.165) is 22.8 Å². The molecule has 0 saturated heterocycles. The lowest BCUT2D eigenvalue weighted by Crippen LogP contribution is -2.26. The number of hydrogen-bond acceptors (Lipinski definition) is 4. The quantitative estimate of drug-likeness (QED) is 0.942. The normalized spacial score (nSPS) is 12.7. The third kappa shape index (κ3) is 2.77. The third-order valence-electron chi connectivity index (χ3n) is 3.64. The van der Waals surface area contributed by atoms with Crippen molar-refractivity contribution in [2.45, 2.75) is 26.3 Å². The predicted molar refractivity (Wildman–Crippen MR) is 81.0 cm³/mol. The Labute approximate surface area is 129 Å². The van der Waals surface area contributed by atoms with Crippen LogP contribution in [0.3, 0.4) is 0 Å². The van der Waals surface area contributed by atoms with Crippen molar-refractivity contribution >= 4 is 5.91 Å². The summed E-state index contributed by atoms with van der Waals surface area (Å²) in [6.07, 6.45) is 0. The molecule has 0 bridgehead atoms. The zero-order valence-electron chi connectivity index (χ0n) is 12.9. The Morgan fingerprint density at radius 2 is 2.09 bits per heavy atom. The molecule has 1 amide bonds. The molecule has 0 atom stereocenters. The second-order valence-corrected chi connectivity index (χ2v) is 5.71. The number of rotatable bonds is 4. The van der Waals surface area contributed by atoms with Crippen molar-refractivity contribution < 1.29 is 14.3 Å². The maximum Gasteiger partial charge on any atom is 0.274 e. The van der Waals surface area contributed by atoms with E-state index in [1.165, 1.54) is 0 Å². The number of ether oxygens (including phenoxy) is 2. The summed E-state index contributed by atoms with van der Waals surface area (Å²) in [6.45, 7) is 4.84. The lowest BCUT2D eigenvalue weighted by atomic mass is 10.1. The molecule has 0 unspecified atom stereocenters. The molecule has 0 radical (unpaired) electrons. The molecular weight excluding hydrogens is 282 g/mol. The lowest BCUT2D eigenvalue weighted by Gasteiger charge is -2.16. The first kappa shape index (κ1) is 14.4. The van der Waals surface area contributed by atoms with E-state index >= 15 is 0 Å². The summed E-state index contributed by atoms with van der Waals surface area (Å²) >= 11 is 0. The molecule has 2 heterocycles. The van der Waals surface area contributed by atoms with Crippen molar-refractivity contribution in [3.8, 4) is 11.5 Å². The Morgan fingerprint density at radius 1 is 1.32 bits per heavy atom. The maximum absolute atomic E-state index is 12.4. The van der Waals surface area contributed by atoms with Gasteiger partial charge in [0.25, 0.3) is 5.91 Å². The van der Waals surface area contributed by atoms with Gasteiger partial charge < -0.3 is 14.4 Å². The van der Waals surface area contributed by atoms with E-state index in [9.17, 15) is 4.79 Å². The van der Waals surface area contributed by atoms with E-state index in [-0.39, 0.29) is 12.7 Å². The highest BCUT2D eigenvalue weighted by molar-refractivity contribution is 5.92. The predicted octanol–water partition coefficient (Wildman–Crippen LogP) is 2.53. The zero-order valence-corrected chi connectivity index (χ0v) is 12.9. The fourth-order valence-electron chi connectivity index (χ4n) is 2.32. The summed E-state index contributed by atoms with van der Waals surface area (Å²) in [5, 5.41) is 7.00. The first-order valence-electron chi connectivity index (χ1n) is 7.24. The summed E-state index contributed by atoms with van der Waals surface area (Å²) < 4.78 is 10.6. The molecule has 1 aliphatic heterocycles. The van der Waals surface area contributed by atoms with Gasteiger partial charge in [-0.1, -0.05) is 19.9 Å². The number of carbonyl (C=O) groups is 1. The standard InChI is InChI=1S/C16H19N3O3/c1-10(2)12-7-13(18-17-12)16(20)19(3)8-11-4-5-14-15(6-11)22-9-21-14/h4-7,10H,8-9H2,1-3H3,(H,17,18). The van der Waals surface area contributed by atoms with Gasteiger partial charge in [0.1, 0.15) is 5.69 Å². The van der Waals surface area contributed by atoms with Crippen LogP contribution < -0.4 is 9.47 Å². The van der Waals surface area contributed by atoms with Crippen LogP contribution in [0, 0.1) is 0 Å². The van der Waals surface area contributed by atoms with Gasteiger partial charge in [0.2, 0.25) is 6.79 Å². The van der Waals surface area contributed by atoms with Crippen LogP contribution in [0.1, 0.15) is 41.5 Å². The molecule has 1 aliphatic rings. The summed E-state index contributed by atoms with van der Waals surface area (Å²) in [5.74, 6) is 1.67. The third-order valence-corrected chi connectivity index (χ3v) is 3.64. The van der Waals surface area contributed by atoms with Gasteiger partial charge in [0, 0.05) is 19.3 Å². The Bertz CT molecular complexity index is 694. The van der Waals surface area contributed by atoms with Crippen LogP contribution >= 0.6 is 0 Å². The number of aromatic nitrogens is 2. The Kier molecular flexibility index (Phi) is 3.75. The van der Waals surface area contributed by atoms with Crippen molar-refractivity contribution in [1.29, 1.82) is 0 Å². The number of nitrogens with zero attached hydrogens (tertiary/aromatic N) is 2. The second-order valence-electron chi connectivity index (χ2n) is 5.71. The molecule has 0 saturated carbocycles. The van der Waals surface area contributed by atoms with Gasteiger partial charge >= 0.3 is 0 Å². The van der Waals surface area contributed by atoms with Crippen LogP contribution in [-0.2, 0) is 6.54 Å². The molecule has 3 rings (SSSR count). The van der Waals surface area contributed by atoms with Crippen LogP contribution in [0.2, 0.25) is 0 Å². The average Bonchev–Trinajstić information content (AvgIpc) is 3.15. The number of nitrogens with one attached hydrogen (secondary N) is 1. The molecule has 0 spiro atoms. The number of benzene rings is 1. The van der Waals surface area contributed by atoms with Crippen LogP contribution in [0.4, 0.5) is 0 Å². The second kappa shape index (κ2) is 5.71. The summed E-state index contributed by atoms with van der Waals surface area (Å²) in [5.41, 5.74) is 2.38. The van der Waals surface area contributed by atoms with E-state index < -0.39 is 0 Å². The van der Waals surface area contributed by atoms with Gasteiger partial charge in [-0.2, -0.15) is 5.10 Å². The highest BCUT2D eigenvalue weighted by Gasteiger charge is 2.18. The summed E-state index contributed by atoms with van der Waals surface area (Å²) in [7, 11) is 1.76. The molecule has 1 aromatic heterocycles. The van der Waals surface area contributed by atoms with Gasteiger partial charge in [-0.3, -0.25) is 9.89 Å². The maximum atomic E-state index is 12.4. The van der Waals surface area contributed by atoms with Crippen LogP contribution in [0.25, 0.3) is 0 Å². The Morgan fingerprint density at radius 3 is 2.82 bits per heavy atom. The Hall–Kier alpha value is -2.50. The molecule has 6 nitrogen and oxygen atoms in total. The molecule has 2 aromatic rings. The van der Waals surface area contributed by atoms with E-state index in [0.29, 0.717) is 18.2 Å². The molecule has 116 valence electrons. The molecule has 1 aromatic carbocycles. The van der Waals surface area contributed by atoms with Gasteiger partial charge in [-0.15, -0.1) is 0 Å². The fourth-order valence-corrected chi connectivity index (χ4v) is 2.32. The van der Waals surface area contributed by atoms with Gasteiger partial charge in [0.15, 0.2) is 11.5 Å². The number of carbonyl (C=O) groups excluding carboxylic acids is 1. The average molecular weight is 301 g/mol. The topological polar surface area (TPSA) is 67.5 Å². The number of fused-ring (bicyclic) bond motifs is 1. The molecule has 0 aliphatic carbocycles. The van der Waals surface area contributed by atoms with Crippen molar-refractivity contribution in [3.63, 3.8) is 0 Å². The molecule has 6 heteroatoms. The number of hydrogen-bond donors (Lipinski definition) is 1. The first-order chi connectivity index (χ1) is 10.5. The zero-order chi connectivity index (χ0) is 15.7. The van der Waals surface area contributed by atoms with Crippen molar-refractivity contribution in [2.24, 2.45) is 0 Å². The highest BCUT2D eigenvalue weighted by Crippen LogP contribution is 2.32. The van der Waals surface area contributed by atoms with Crippen molar-refractivity contribution in [1.82, 2.24) is 15.1 Å². The molecule has 1 N–H and O–H groups in total. The van der Waals surface area contributed by atoms with Gasteiger partial charge in [0.05, 0.1) is 0 Å². The minimum atomic E-state index is -0.110. The van der Waals surface area contributed by atoms with E-state index in [4.69, 9.17) is 9.47 Å². The highest BCUT2D eigenvalue weighted by atomic mass is 16.7. The van der Waals surface area contributed by atoms with Crippen molar-refractivity contribution in [3.05, 3.63) is 41.2 Å². The first-order valence-corrected chi connectivity index (χ1v) is 7.24. The number of amides is 1. The monoisotopic (exact) mass is 301 g/mol. The van der Waals surface area contributed by atoms with Crippen molar-refractivity contribution in [2.75, 3.05) is 13.8 Å².